The van der Waals surface area contributed by atoms with Crippen molar-refractivity contribution in [3.8, 4) is 0 Å². The van der Waals surface area contributed by atoms with Gasteiger partial charge < -0.3 is 21.3 Å². The van der Waals surface area contributed by atoms with Gasteiger partial charge in [0, 0.05) is 5.88 Å². The summed E-state index contributed by atoms with van der Waals surface area (Å²) in [7, 11) is 3.39. The number of nitrogens with two attached hydrogens (primary N) is 1. The van der Waals surface area contributed by atoms with Gasteiger partial charge in [0.15, 0.2) is 0 Å². The Hall–Kier alpha value is -1.43. The maximum absolute atomic E-state index is 9.61. The maximum atomic E-state index is 9.61. The summed E-state index contributed by atoms with van der Waals surface area (Å²) in [5.74, 6) is 0.496. The molecule has 0 heterocycles. The SMILES string of the molecule is CN.CNCCC(O)c1ccccc1.OC(CCCl)c1ccccc1. The van der Waals surface area contributed by atoms with E-state index in [4.69, 9.17) is 11.6 Å². The maximum Gasteiger partial charge on any atom is 0.0802 e. The van der Waals surface area contributed by atoms with Gasteiger partial charge in [0.25, 0.3) is 0 Å². The van der Waals surface area contributed by atoms with E-state index in [2.05, 4.69) is 11.1 Å². The Kier molecular flexibility index (Phi) is 15.1. The molecule has 5 N–H and O–H groups in total. The summed E-state index contributed by atoms with van der Waals surface area (Å²) in [4.78, 5) is 0. The van der Waals surface area contributed by atoms with E-state index in [-0.39, 0.29) is 6.10 Å². The van der Waals surface area contributed by atoms with Crippen LogP contribution in [0.1, 0.15) is 36.2 Å². The minimum atomic E-state index is -0.409. The molecule has 0 bridgehead atoms. The summed E-state index contributed by atoms with van der Waals surface area (Å²) in [5, 5.41) is 22.1. The average Bonchev–Trinajstić information content (AvgIpc) is 2.69. The fraction of sp³-hybridized carbons (Fsp3) is 0.400. The van der Waals surface area contributed by atoms with Crippen molar-refractivity contribution < 1.29 is 10.2 Å². The number of benzene rings is 2. The molecule has 0 aliphatic rings. The molecule has 2 unspecified atom stereocenters. The van der Waals surface area contributed by atoms with E-state index in [1.807, 2.05) is 67.7 Å². The summed E-state index contributed by atoms with van der Waals surface area (Å²) >= 11 is 5.49. The number of hydrogen-bond donors (Lipinski definition) is 4. The highest BCUT2D eigenvalue weighted by Crippen LogP contribution is 2.16. The van der Waals surface area contributed by atoms with E-state index in [9.17, 15) is 10.2 Å². The minimum absolute atomic E-state index is 0.335. The summed E-state index contributed by atoms with van der Waals surface area (Å²) in [6.45, 7) is 0.843. The lowest BCUT2D eigenvalue weighted by molar-refractivity contribution is 0.167. The van der Waals surface area contributed by atoms with Crippen LogP contribution in [0.3, 0.4) is 0 Å². The van der Waals surface area contributed by atoms with Crippen molar-refractivity contribution in [2.75, 3.05) is 26.5 Å². The van der Waals surface area contributed by atoms with Crippen molar-refractivity contribution in [1.29, 1.82) is 0 Å². The summed E-state index contributed by atoms with van der Waals surface area (Å²) in [6.07, 6.45) is 0.638. The molecule has 0 saturated heterocycles. The Morgan fingerprint density at radius 1 is 0.840 bits per heavy atom. The Bertz CT molecular complexity index is 512. The smallest absolute Gasteiger partial charge is 0.0802 e. The van der Waals surface area contributed by atoms with E-state index >= 15 is 0 Å². The first-order valence-corrected chi connectivity index (χ1v) is 8.96. The summed E-state index contributed by atoms with van der Waals surface area (Å²) in [6, 6.07) is 19.3. The first kappa shape index (κ1) is 23.6. The van der Waals surface area contributed by atoms with Crippen molar-refractivity contribution in [1.82, 2.24) is 5.32 Å². The highest BCUT2D eigenvalue weighted by atomic mass is 35.5. The minimum Gasteiger partial charge on any atom is -0.388 e. The molecule has 0 saturated carbocycles. The van der Waals surface area contributed by atoms with Crippen LogP contribution in [0.5, 0.6) is 0 Å². The van der Waals surface area contributed by atoms with Gasteiger partial charge in [0.05, 0.1) is 12.2 Å². The number of rotatable bonds is 7. The monoisotopic (exact) mass is 366 g/mol. The van der Waals surface area contributed by atoms with E-state index in [1.54, 1.807) is 0 Å². The van der Waals surface area contributed by atoms with Gasteiger partial charge in [-0.15, -0.1) is 11.6 Å². The lowest BCUT2D eigenvalue weighted by Gasteiger charge is -2.09. The van der Waals surface area contributed by atoms with Crippen LogP contribution in [0.25, 0.3) is 0 Å². The molecule has 2 aromatic carbocycles. The second kappa shape index (κ2) is 16.1. The molecule has 140 valence electrons. The van der Waals surface area contributed by atoms with Crippen molar-refractivity contribution >= 4 is 11.6 Å². The van der Waals surface area contributed by atoms with Gasteiger partial charge in [0.1, 0.15) is 0 Å². The quantitative estimate of drug-likeness (QED) is 0.567. The molecular formula is C20H31ClN2O2. The predicted molar refractivity (Wildman–Crippen MR) is 107 cm³/mol. The molecule has 5 heteroatoms. The van der Waals surface area contributed by atoms with Gasteiger partial charge in [-0.25, -0.2) is 0 Å². The first-order chi connectivity index (χ1) is 12.2. The number of alkyl halides is 1. The lowest BCUT2D eigenvalue weighted by atomic mass is 10.1. The Morgan fingerprint density at radius 3 is 1.60 bits per heavy atom. The molecule has 2 rings (SSSR count). The second-order valence-corrected chi connectivity index (χ2v) is 5.60. The van der Waals surface area contributed by atoms with Gasteiger partial charge in [-0.2, -0.15) is 0 Å². The summed E-state index contributed by atoms with van der Waals surface area (Å²) < 4.78 is 0. The van der Waals surface area contributed by atoms with Crippen LogP contribution < -0.4 is 11.1 Å². The van der Waals surface area contributed by atoms with Crippen LogP contribution in [0, 0.1) is 0 Å². The third kappa shape index (κ3) is 10.9. The fourth-order valence-electron chi connectivity index (χ4n) is 2.07. The van der Waals surface area contributed by atoms with Crippen LogP contribution in [0.15, 0.2) is 60.7 Å². The normalized spacial score (nSPS) is 12.1. The summed E-state index contributed by atoms with van der Waals surface area (Å²) in [5.41, 5.74) is 6.43. The van der Waals surface area contributed by atoms with Crippen LogP contribution >= 0.6 is 11.6 Å². The van der Waals surface area contributed by atoms with Crippen molar-refractivity contribution in [3.63, 3.8) is 0 Å². The zero-order valence-corrected chi connectivity index (χ0v) is 15.9. The largest absolute Gasteiger partial charge is 0.388 e. The molecule has 0 aliphatic heterocycles. The highest BCUT2D eigenvalue weighted by Gasteiger charge is 2.04. The fourth-order valence-corrected chi connectivity index (χ4v) is 2.27. The van der Waals surface area contributed by atoms with Gasteiger partial charge in [-0.3, -0.25) is 0 Å². The zero-order valence-electron chi connectivity index (χ0n) is 15.1. The molecule has 0 radical (unpaired) electrons. The molecule has 25 heavy (non-hydrogen) atoms. The van der Waals surface area contributed by atoms with Crippen molar-refractivity contribution in [2.24, 2.45) is 5.73 Å². The Labute approximate surface area is 156 Å². The molecule has 2 aromatic rings. The third-order valence-electron chi connectivity index (χ3n) is 3.42. The number of aliphatic hydroxyl groups excluding tert-OH is 2. The number of aliphatic hydroxyl groups is 2. The number of halogens is 1. The molecule has 0 aromatic heterocycles. The predicted octanol–water partition coefficient (Wildman–Crippen LogP) is 3.25. The standard InChI is InChI=1S/C10H15NO.C9H11ClO.CH5N/c1-11-8-7-10(12)9-5-3-2-4-6-9;10-7-6-9(11)8-4-2-1-3-5-8;1-2/h2-6,10-12H,7-8H2,1H3;1-5,9,11H,6-7H2;2H2,1H3. The topological polar surface area (TPSA) is 78.5 Å². The van der Waals surface area contributed by atoms with E-state index in [1.165, 1.54) is 7.05 Å². The van der Waals surface area contributed by atoms with Crippen molar-refractivity contribution in [2.45, 2.75) is 25.0 Å². The van der Waals surface area contributed by atoms with Gasteiger partial charge >= 0.3 is 0 Å². The van der Waals surface area contributed by atoms with Crippen LogP contribution in [0.2, 0.25) is 0 Å². The molecule has 0 spiro atoms. The Morgan fingerprint density at radius 2 is 1.24 bits per heavy atom. The Balaban J connectivity index is 0.000000421. The van der Waals surface area contributed by atoms with E-state index in [0.717, 1.165) is 24.1 Å². The van der Waals surface area contributed by atoms with E-state index < -0.39 is 6.10 Å². The molecule has 0 aliphatic carbocycles. The first-order valence-electron chi connectivity index (χ1n) is 8.43. The number of hydrogen-bond acceptors (Lipinski definition) is 4. The van der Waals surface area contributed by atoms with E-state index in [0.29, 0.717) is 12.3 Å². The van der Waals surface area contributed by atoms with Crippen molar-refractivity contribution in [3.05, 3.63) is 71.8 Å². The van der Waals surface area contributed by atoms with Gasteiger partial charge in [-0.05, 0) is 44.6 Å². The van der Waals surface area contributed by atoms with Crippen LogP contribution in [-0.4, -0.2) is 36.7 Å². The van der Waals surface area contributed by atoms with Crippen LogP contribution in [-0.2, 0) is 0 Å². The highest BCUT2D eigenvalue weighted by molar-refractivity contribution is 6.17. The molecule has 4 nitrogen and oxygen atoms in total. The van der Waals surface area contributed by atoms with Gasteiger partial charge in [-0.1, -0.05) is 60.7 Å². The third-order valence-corrected chi connectivity index (χ3v) is 3.64. The molecular weight excluding hydrogens is 336 g/mol. The molecule has 0 fully saturated rings. The second-order valence-electron chi connectivity index (χ2n) is 5.22. The molecule has 0 amide bonds. The number of nitrogens with one attached hydrogen (secondary N) is 1. The lowest BCUT2D eigenvalue weighted by Crippen LogP contribution is -2.11. The van der Waals surface area contributed by atoms with Crippen LogP contribution in [0.4, 0.5) is 0 Å². The average molecular weight is 367 g/mol. The molecule has 2 atom stereocenters. The zero-order chi connectivity index (χ0) is 18.9. The van der Waals surface area contributed by atoms with Gasteiger partial charge in [0.2, 0.25) is 0 Å².